The van der Waals surface area contributed by atoms with Crippen molar-refractivity contribution in [3.8, 4) is 5.75 Å². The van der Waals surface area contributed by atoms with Crippen LogP contribution < -0.4 is 4.74 Å². The molecule has 2 nitrogen and oxygen atoms in total. The number of halogens is 1. The van der Waals surface area contributed by atoms with Crippen molar-refractivity contribution in [2.45, 2.75) is 17.1 Å². The zero-order valence-corrected chi connectivity index (χ0v) is 9.73. The first kappa shape index (κ1) is 11.7. The van der Waals surface area contributed by atoms with Crippen LogP contribution in [0.3, 0.4) is 0 Å². The van der Waals surface area contributed by atoms with Crippen LogP contribution in [0.5, 0.6) is 5.75 Å². The molecule has 4 heteroatoms. The molecular weight excluding hydrogens is 220 g/mol. The molecule has 0 amide bonds. The summed E-state index contributed by atoms with van der Waals surface area (Å²) in [6.45, 7) is 2.09. The van der Waals surface area contributed by atoms with Crippen LogP contribution in [0.2, 0.25) is 5.02 Å². The molecule has 0 saturated heterocycles. The summed E-state index contributed by atoms with van der Waals surface area (Å²) in [4.78, 5) is 0.960. The van der Waals surface area contributed by atoms with Crippen LogP contribution >= 0.6 is 23.4 Å². The first-order valence-electron chi connectivity index (χ1n) is 4.28. The summed E-state index contributed by atoms with van der Waals surface area (Å²) in [6, 6.07) is 5.46. The molecule has 0 aliphatic heterocycles. The largest absolute Gasteiger partial charge is 0.496 e. The number of benzene rings is 1. The second kappa shape index (κ2) is 5.49. The number of aliphatic hydroxyl groups excluding tert-OH is 1. The summed E-state index contributed by atoms with van der Waals surface area (Å²) in [5, 5.41) is 9.75. The third kappa shape index (κ3) is 3.08. The van der Waals surface area contributed by atoms with E-state index in [1.54, 1.807) is 24.9 Å². The van der Waals surface area contributed by atoms with E-state index in [9.17, 15) is 0 Å². The van der Waals surface area contributed by atoms with Crippen LogP contribution in [0.4, 0.5) is 0 Å². The molecule has 0 spiro atoms. The monoisotopic (exact) mass is 232 g/mol. The molecule has 0 aliphatic carbocycles. The van der Waals surface area contributed by atoms with E-state index in [-0.39, 0.29) is 11.9 Å². The van der Waals surface area contributed by atoms with Gasteiger partial charge in [0.15, 0.2) is 0 Å². The number of ether oxygens (including phenoxy) is 1. The molecule has 0 heterocycles. The summed E-state index contributed by atoms with van der Waals surface area (Å²) < 4.78 is 5.18. The van der Waals surface area contributed by atoms with Gasteiger partial charge in [-0.1, -0.05) is 18.5 Å². The lowest BCUT2D eigenvalue weighted by Crippen LogP contribution is -2.02. The van der Waals surface area contributed by atoms with Crippen molar-refractivity contribution in [3.05, 3.63) is 23.2 Å². The maximum Gasteiger partial charge on any atom is 0.132 e. The number of hydrogen-bond acceptors (Lipinski definition) is 3. The van der Waals surface area contributed by atoms with Crippen molar-refractivity contribution in [3.63, 3.8) is 0 Å². The lowest BCUT2D eigenvalue weighted by Gasteiger charge is -2.11. The third-order valence-electron chi connectivity index (χ3n) is 1.71. The molecule has 1 atom stereocenters. The van der Waals surface area contributed by atoms with Gasteiger partial charge in [0, 0.05) is 10.3 Å². The average molecular weight is 233 g/mol. The first-order chi connectivity index (χ1) is 6.67. The minimum Gasteiger partial charge on any atom is -0.496 e. The summed E-state index contributed by atoms with van der Waals surface area (Å²) >= 11 is 7.42. The van der Waals surface area contributed by atoms with Gasteiger partial charge in [-0.2, -0.15) is 0 Å². The van der Waals surface area contributed by atoms with Gasteiger partial charge in [0.25, 0.3) is 0 Å². The zero-order valence-electron chi connectivity index (χ0n) is 8.16. The Morgan fingerprint density at radius 2 is 2.29 bits per heavy atom. The van der Waals surface area contributed by atoms with Crippen LogP contribution in [-0.4, -0.2) is 24.1 Å². The highest BCUT2D eigenvalue weighted by Gasteiger charge is 2.08. The van der Waals surface area contributed by atoms with Gasteiger partial charge < -0.3 is 9.84 Å². The Kier molecular flexibility index (Phi) is 4.58. The van der Waals surface area contributed by atoms with Crippen molar-refractivity contribution < 1.29 is 9.84 Å². The average Bonchev–Trinajstić information content (AvgIpc) is 2.18. The molecule has 1 aromatic rings. The Hall–Kier alpha value is -0.380. The second-order valence-electron chi connectivity index (χ2n) is 2.91. The Bertz CT molecular complexity index is 304. The SMILES string of the molecule is COc1ccc(Cl)cc1SC(C)CO. The predicted molar refractivity (Wildman–Crippen MR) is 60.4 cm³/mol. The quantitative estimate of drug-likeness (QED) is 0.810. The highest BCUT2D eigenvalue weighted by molar-refractivity contribution is 8.00. The zero-order chi connectivity index (χ0) is 10.6. The van der Waals surface area contributed by atoms with Crippen LogP contribution in [0.25, 0.3) is 0 Å². The third-order valence-corrected chi connectivity index (χ3v) is 3.07. The molecule has 0 bridgehead atoms. The van der Waals surface area contributed by atoms with Gasteiger partial charge >= 0.3 is 0 Å². The number of thioether (sulfide) groups is 1. The van der Waals surface area contributed by atoms with E-state index in [1.165, 1.54) is 0 Å². The number of aliphatic hydroxyl groups is 1. The lowest BCUT2D eigenvalue weighted by molar-refractivity contribution is 0.300. The standard InChI is InChI=1S/C10H13ClO2S/c1-7(6-12)14-10-5-8(11)3-4-9(10)13-2/h3-5,7,12H,6H2,1-2H3. The lowest BCUT2D eigenvalue weighted by atomic mass is 10.3. The van der Waals surface area contributed by atoms with E-state index >= 15 is 0 Å². The van der Waals surface area contributed by atoms with E-state index in [0.29, 0.717) is 5.02 Å². The topological polar surface area (TPSA) is 29.5 Å². The van der Waals surface area contributed by atoms with Crippen LogP contribution in [0.15, 0.2) is 23.1 Å². The van der Waals surface area contributed by atoms with Crippen molar-refractivity contribution in [2.24, 2.45) is 0 Å². The molecule has 14 heavy (non-hydrogen) atoms. The van der Waals surface area contributed by atoms with E-state index in [2.05, 4.69) is 0 Å². The van der Waals surface area contributed by atoms with Crippen molar-refractivity contribution in [1.82, 2.24) is 0 Å². The number of hydrogen-bond donors (Lipinski definition) is 1. The summed E-state index contributed by atoms with van der Waals surface area (Å²) in [7, 11) is 1.62. The van der Waals surface area contributed by atoms with Gasteiger partial charge in [0.2, 0.25) is 0 Å². The highest BCUT2D eigenvalue weighted by Crippen LogP contribution is 2.34. The van der Waals surface area contributed by atoms with E-state index in [4.69, 9.17) is 21.4 Å². The summed E-state index contributed by atoms with van der Waals surface area (Å²) in [5.74, 6) is 0.791. The second-order valence-corrected chi connectivity index (χ2v) is 4.82. The van der Waals surface area contributed by atoms with Crippen LogP contribution in [-0.2, 0) is 0 Å². The molecule has 0 radical (unpaired) electrons. The molecule has 1 rings (SSSR count). The maximum absolute atomic E-state index is 8.93. The van der Waals surface area contributed by atoms with Gasteiger partial charge in [-0.05, 0) is 18.2 Å². The van der Waals surface area contributed by atoms with Gasteiger partial charge in [0.1, 0.15) is 5.75 Å². The fraction of sp³-hybridized carbons (Fsp3) is 0.400. The molecule has 0 aromatic heterocycles. The van der Waals surface area contributed by atoms with E-state index in [0.717, 1.165) is 10.6 Å². The Morgan fingerprint density at radius 1 is 1.57 bits per heavy atom. The Morgan fingerprint density at radius 3 is 2.86 bits per heavy atom. The van der Waals surface area contributed by atoms with E-state index < -0.39 is 0 Å². The molecule has 0 aliphatic rings. The van der Waals surface area contributed by atoms with Crippen molar-refractivity contribution >= 4 is 23.4 Å². The predicted octanol–water partition coefficient (Wildman–Crippen LogP) is 2.82. The van der Waals surface area contributed by atoms with Crippen molar-refractivity contribution in [2.75, 3.05) is 13.7 Å². The number of methoxy groups -OCH3 is 1. The fourth-order valence-electron chi connectivity index (χ4n) is 0.997. The van der Waals surface area contributed by atoms with Gasteiger partial charge in [0.05, 0.1) is 18.6 Å². The molecule has 78 valence electrons. The fourth-order valence-corrected chi connectivity index (χ4v) is 2.20. The van der Waals surface area contributed by atoms with Crippen molar-refractivity contribution in [1.29, 1.82) is 0 Å². The van der Waals surface area contributed by atoms with Crippen LogP contribution in [0, 0.1) is 0 Å². The minimum absolute atomic E-state index is 0.139. The molecule has 0 fully saturated rings. The summed E-state index contributed by atoms with van der Waals surface area (Å²) in [6.07, 6.45) is 0. The van der Waals surface area contributed by atoms with Crippen LogP contribution in [0.1, 0.15) is 6.92 Å². The summed E-state index contributed by atoms with van der Waals surface area (Å²) in [5.41, 5.74) is 0. The molecule has 1 aromatic carbocycles. The van der Waals surface area contributed by atoms with Gasteiger partial charge in [-0.15, -0.1) is 11.8 Å². The molecule has 0 saturated carbocycles. The highest BCUT2D eigenvalue weighted by atomic mass is 35.5. The number of rotatable bonds is 4. The Labute approximate surface area is 93.2 Å². The normalized spacial score (nSPS) is 12.6. The molecule has 1 N–H and O–H groups in total. The minimum atomic E-state index is 0.139. The first-order valence-corrected chi connectivity index (χ1v) is 5.54. The Balaban J connectivity index is 2.87. The molecular formula is C10H13ClO2S. The molecule has 1 unspecified atom stereocenters. The van der Waals surface area contributed by atoms with Gasteiger partial charge in [-0.3, -0.25) is 0 Å². The van der Waals surface area contributed by atoms with E-state index in [1.807, 2.05) is 19.1 Å². The maximum atomic E-state index is 8.93. The smallest absolute Gasteiger partial charge is 0.132 e. The van der Waals surface area contributed by atoms with Gasteiger partial charge in [-0.25, -0.2) is 0 Å².